The van der Waals surface area contributed by atoms with Crippen LogP contribution >= 0.6 is 0 Å². The van der Waals surface area contributed by atoms with Crippen molar-refractivity contribution in [3.05, 3.63) is 33.9 Å². The van der Waals surface area contributed by atoms with Gasteiger partial charge in [-0.1, -0.05) is 0 Å². The fourth-order valence-corrected chi connectivity index (χ4v) is 4.61. The van der Waals surface area contributed by atoms with Crippen molar-refractivity contribution >= 4 is 28.2 Å². The zero-order valence-electron chi connectivity index (χ0n) is 15.7. The second-order valence-corrected chi connectivity index (χ2v) is 8.59. The van der Waals surface area contributed by atoms with E-state index in [0.29, 0.717) is 13.1 Å². The number of carboxylic acid groups (broad SMARTS) is 1. The fraction of sp³-hybridized carbons (Fsp3) is 0.500. The third-order valence-electron chi connectivity index (χ3n) is 6.69. The summed E-state index contributed by atoms with van der Waals surface area (Å²) in [6.07, 6.45) is 2.73. The second-order valence-electron chi connectivity index (χ2n) is 8.59. The minimum atomic E-state index is -1.45. The number of pyridine rings is 1. The van der Waals surface area contributed by atoms with Gasteiger partial charge in [-0.15, -0.1) is 0 Å². The van der Waals surface area contributed by atoms with E-state index in [-0.39, 0.29) is 40.2 Å². The van der Waals surface area contributed by atoms with Crippen LogP contribution < -0.4 is 21.8 Å². The van der Waals surface area contributed by atoms with Gasteiger partial charge in [0.2, 0.25) is 5.43 Å². The predicted molar refractivity (Wildman–Crippen MR) is 105 cm³/mol. The molecular weight excluding hydrogens is 382 g/mol. The van der Waals surface area contributed by atoms with E-state index in [1.807, 2.05) is 4.90 Å². The largest absolute Gasteiger partial charge is 0.477 e. The minimum Gasteiger partial charge on any atom is -0.477 e. The number of benzene rings is 1. The lowest BCUT2D eigenvalue weighted by Crippen LogP contribution is -2.34. The summed E-state index contributed by atoms with van der Waals surface area (Å²) in [5.41, 5.74) is 10.9. The normalized spacial score (nSPS) is 27.4. The molecule has 3 unspecified atom stereocenters. The molecule has 2 aromatic rings. The number of alkyl halides is 1. The smallest absolute Gasteiger partial charge is 0.341 e. The van der Waals surface area contributed by atoms with E-state index in [4.69, 9.17) is 11.5 Å². The number of aromatic nitrogens is 1. The van der Waals surface area contributed by atoms with E-state index >= 15 is 4.39 Å². The summed E-state index contributed by atoms with van der Waals surface area (Å²) in [7, 11) is 0. The molecule has 2 saturated carbocycles. The average Bonchev–Trinajstić information content (AvgIpc) is 3.53. The third-order valence-corrected chi connectivity index (χ3v) is 6.69. The number of carboxylic acids is 1. The molecule has 154 valence electrons. The predicted octanol–water partition coefficient (Wildman–Crippen LogP) is 2.02. The topological polar surface area (TPSA) is 115 Å². The number of aromatic carboxylic acids is 1. The molecule has 5 rings (SSSR count). The van der Waals surface area contributed by atoms with Gasteiger partial charge in [0.1, 0.15) is 11.7 Å². The molecule has 2 aliphatic carbocycles. The van der Waals surface area contributed by atoms with Crippen molar-refractivity contribution in [2.24, 2.45) is 11.7 Å². The number of nitrogens with zero attached hydrogens (tertiary/aromatic N) is 2. The molecule has 0 radical (unpaired) electrons. The molecular formula is C20H22F2N4O3. The molecule has 9 heteroatoms. The van der Waals surface area contributed by atoms with Crippen molar-refractivity contribution in [1.82, 2.24) is 4.57 Å². The Balaban J connectivity index is 1.68. The molecule has 29 heavy (non-hydrogen) atoms. The third kappa shape index (κ3) is 2.71. The maximum Gasteiger partial charge on any atom is 0.341 e. The SMILES string of the molecule is Nc1cc(N2CCC(C3(N)CC3)C2)c(F)c2c1c(=O)c(C(=O)O)cn2C1CC1F. The van der Waals surface area contributed by atoms with Crippen LogP contribution in [-0.4, -0.2) is 40.4 Å². The lowest BCUT2D eigenvalue weighted by atomic mass is 9.97. The van der Waals surface area contributed by atoms with Crippen molar-refractivity contribution in [3.63, 3.8) is 0 Å². The van der Waals surface area contributed by atoms with Gasteiger partial charge in [-0.25, -0.2) is 13.6 Å². The molecule has 0 amide bonds. The van der Waals surface area contributed by atoms with E-state index in [0.717, 1.165) is 25.5 Å². The highest BCUT2D eigenvalue weighted by Gasteiger charge is 2.48. The highest BCUT2D eigenvalue weighted by atomic mass is 19.1. The van der Waals surface area contributed by atoms with E-state index in [2.05, 4.69) is 0 Å². The molecule has 1 saturated heterocycles. The van der Waals surface area contributed by atoms with Crippen molar-refractivity contribution in [2.45, 2.75) is 43.4 Å². The number of fused-ring (bicyclic) bond motifs is 1. The molecule has 0 bridgehead atoms. The first kappa shape index (κ1) is 18.4. The van der Waals surface area contributed by atoms with Crippen LogP contribution in [0.2, 0.25) is 0 Å². The lowest BCUT2D eigenvalue weighted by Gasteiger charge is -2.24. The van der Waals surface area contributed by atoms with Crippen LogP contribution in [0, 0.1) is 11.7 Å². The Kier molecular flexibility index (Phi) is 3.74. The van der Waals surface area contributed by atoms with Gasteiger partial charge in [-0.05, 0) is 31.2 Å². The van der Waals surface area contributed by atoms with E-state index in [9.17, 15) is 19.1 Å². The van der Waals surface area contributed by atoms with Crippen molar-refractivity contribution in [3.8, 4) is 0 Å². The van der Waals surface area contributed by atoms with Gasteiger partial charge >= 0.3 is 5.97 Å². The molecule has 3 fully saturated rings. The van der Waals surface area contributed by atoms with Gasteiger partial charge in [0, 0.05) is 36.9 Å². The van der Waals surface area contributed by atoms with Crippen LogP contribution in [0.15, 0.2) is 17.1 Å². The number of nitrogen functional groups attached to an aromatic ring is 1. The molecule has 1 aliphatic heterocycles. The Hall–Kier alpha value is -2.68. The first-order valence-corrected chi connectivity index (χ1v) is 9.79. The Morgan fingerprint density at radius 3 is 2.62 bits per heavy atom. The maximum atomic E-state index is 15.7. The lowest BCUT2D eigenvalue weighted by molar-refractivity contribution is 0.0694. The van der Waals surface area contributed by atoms with E-state index in [1.165, 1.54) is 10.6 Å². The highest BCUT2D eigenvalue weighted by Crippen LogP contribution is 2.46. The number of hydrogen-bond donors (Lipinski definition) is 3. The molecule has 0 spiro atoms. The Morgan fingerprint density at radius 1 is 1.34 bits per heavy atom. The summed E-state index contributed by atoms with van der Waals surface area (Å²) in [5, 5.41) is 9.14. The monoisotopic (exact) mass is 404 g/mol. The van der Waals surface area contributed by atoms with Gasteiger partial charge in [0.25, 0.3) is 0 Å². The summed E-state index contributed by atoms with van der Waals surface area (Å²) >= 11 is 0. The van der Waals surface area contributed by atoms with E-state index in [1.54, 1.807) is 0 Å². The summed E-state index contributed by atoms with van der Waals surface area (Å²) in [4.78, 5) is 26.0. The zero-order valence-corrected chi connectivity index (χ0v) is 15.7. The number of rotatable bonds is 4. The molecule has 1 aromatic carbocycles. The average molecular weight is 404 g/mol. The van der Waals surface area contributed by atoms with Crippen LogP contribution in [0.3, 0.4) is 0 Å². The van der Waals surface area contributed by atoms with Crippen LogP contribution in [0.25, 0.3) is 10.9 Å². The fourth-order valence-electron chi connectivity index (χ4n) is 4.61. The van der Waals surface area contributed by atoms with Crippen molar-refractivity contribution in [1.29, 1.82) is 0 Å². The van der Waals surface area contributed by atoms with Gasteiger partial charge in [-0.2, -0.15) is 0 Å². The zero-order chi connectivity index (χ0) is 20.7. The molecule has 7 nitrogen and oxygen atoms in total. The van der Waals surface area contributed by atoms with Gasteiger partial charge in [0.15, 0.2) is 5.82 Å². The first-order valence-electron chi connectivity index (χ1n) is 9.79. The Bertz CT molecular complexity index is 1110. The molecule has 5 N–H and O–H groups in total. The Morgan fingerprint density at radius 2 is 2.03 bits per heavy atom. The van der Waals surface area contributed by atoms with Crippen LogP contribution in [0.1, 0.15) is 42.1 Å². The van der Waals surface area contributed by atoms with E-state index < -0.39 is 35.0 Å². The number of nitrogens with two attached hydrogens (primary N) is 2. The van der Waals surface area contributed by atoms with Crippen LogP contribution in [-0.2, 0) is 0 Å². The summed E-state index contributed by atoms with van der Waals surface area (Å²) in [6, 6.07) is 0.679. The molecule has 2 heterocycles. The maximum absolute atomic E-state index is 15.7. The summed E-state index contributed by atoms with van der Waals surface area (Å²) in [6.45, 7) is 1.20. The number of halogens is 2. The van der Waals surface area contributed by atoms with Gasteiger partial charge in [0.05, 0.1) is 22.6 Å². The minimum absolute atomic E-state index is 0.00774. The quantitative estimate of drug-likeness (QED) is 0.672. The highest BCUT2D eigenvalue weighted by molar-refractivity contribution is 5.99. The molecule has 3 atom stereocenters. The summed E-state index contributed by atoms with van der Waals surface area (Å²) in [5.74, 6) is -1.87. The Labute approximate surface area is 164 Å². The van der Waals surface area contributed by atoms with Crippen molar-refractivity contribution < 1.29 is 18.7 Å². The number of anilines is 2. The van der Waals surface area contributed by atoms with Crippen LogP contribution in [0.4, 0.5) is 20.2 Å². The first-order chi connectivity index (χ1) is 13.7. The molecule has 1 aromatic heterocycles. The van der Waals surface area contributed by atoms with Crippen LogP contribution in [0.5, 0.6) is 0 Å². The second kappa shape index (κ2) is 5.91. The number of hydrogen-bond acceptors (Lipinski definition) is 5. The van der Waals surface area contributed by atoms with Gasteiger partial charge in [-0.3, -0.25) is 4.79 Å². The standard InChI is InChI=1S/C20H22F2N4O3/c21-11-5-13(11)26-8-10(19(28)29)18(27)15-12(23)6-14(16(22)17(15)26)25-4-1-9(7-25)20(24)2-3-20/h6,8-9,11,13H,1-5,7,23-24H2,(H,28,29). The summed E-state index contributed by atoms with van der Waals surface area (Å²) < 4.78 is 30.7. The number of carbonyl (C=O) groups is 1. The van der Waals surface area contributed by atoms with Crippen molar-refractivity contribution in [2.75, 3.05) is 23.7 Å². The molecule has 3 aliphatic rings. The van der Waals surface area contributed by atoms with Gasteiger partial charge < -0.3 is 26.0 Å².